The molecule has 34 heavy (non-hydrogen) atoms. The van der Waals surface area contributed by atoms with Gasteiger partial charge in [-0.3, -0.25) is 9.59 Å². The lowest BCUT2D eigenvalue weighted by molar-refractivity contribution is -0.130. The minimum atomic E-state index is -1.19. The Balaban J connectivity index is 2.02. The zero-order chi connectivity index (χ0) is 25.3. The van der Waals surface area contributed by atoms with Crippen LogP contribution in [-0.2, 0) is 21.1 Å². The fraction of sp³-hybridized carbons (Fsp3) is 0.739. The van der Waals surface area contributed by atoms with Crippen molar-refractivity contribution in [3.05, 3.63) is 16.6 Å². The predicted molar refractivity (Wildman–Crippen MR) is 136 cm³/mol. The normalized spacial score (nSPS) is 15.1. The van der Waals surface area contributed by atoms with Gasteiger partial charge in [-0.05, 0) is 34.8 Å². The Morgan fingerprint density at radius 1 is 1.26 bits per heavy atom. The van der Waals surface area contributed by atoms with Crippen LogP contribution in [0.1, 0.15) is 57.3 Å². The van der Waals surface area contributed by atoms with Crippen molar-refractivity contribution >= 4 is 41.8 Å². The number of Topliss-reactive ketones (excluding diaryl/α,β-unsaturated/α-hetero) is 1. The molecular weight excluding hydrogens is 520 g/mol. The Hall–Kier alpha value is -1.72. The number of amides is 2. The van der Waals surface area contributed by atoms with Crippen LogP contribution in [0, 0.1) is 5.92 Å². The van der Waals surface area contributed by atoms with E-state index in [0.717, 1.165) is 25.3 Å². The van der Waals surface area contributed by atoms with Crippen LogP contribution in [0.5, 0.6) is 0 Å². The molecule has 0 spiro atoms. The number of carbonyl (C=O) groups is 3. The van der Waals surface area contributed by atoms with Crippen LogP contribution in [0.15, 0.2) is 10.8 Å². The van der Waals surface area contributed by atoms with E-state index in [1.807, 2.05) is 17.7 Å². The van der Waals surface area contributed by atoms with Gasteiger partial charge in [0.25, 0.3) is 0 Å². The van der Waals surface area contributed by atoms with Gasteiger partial charge in [-0.2, -0.15) is 0 Å². The van der Waals surface area contributed by atoms with E-state index in [-0.39, 0.29) is 36.7 Å². The van der Waals surface area contributed by atoms with Crippen molar-refractivity contribution in [1.82, 2.24) is 19.8 Å². The van der Waals surface area contributed by atoms with Crippen LogP contribution in [-0.4, -0.2) is 65.1 Å². The smallest absolute Gasteiger partial charge is 0.407 e. The number of ether oxygens (including phenoxy) is 1. The van der Waals surface area contributed by atoms with Crippen molar-refractivity contribution in [2.24, 2.45) is 5.92 Å². The van der Waals surface area contributed by atoms with Gasteiger partial charge < -0.3 is 24.6 Å². The van der Waals surface area contributed by atoms with Crippen LogP contribution < -0.4 is 5.32 Å². The lowest BCUT2D eigenvalue weighted by Crippen LogP contribution is -2.55. The summed E-state index contributed by atoms with van der Waals surface area (Å²) in [4.78, 5) is 41.3. The number of aromatic nitrogens is 2. The maximum absolute atomic E-state index is 12.8. The average Bonchev–Trinajstić information content (AvgIpc) is 3.08. The summed E-state index contributed by atoms with van der Waals surface area (Å²) in [5.41, 5.74) is 0. The highest BCUT2D eigenvalue weighted by molar-refractivity contribution is 9.10. The van der Waals surface area contributed by atoms with Crippen LogP contribution in [0.25, 0.3) is 0 Å². The monoisotopic (exact) mass is 558 g/mol. The third-order valence-corrected chi connectivity index (χ3v) is 8.08. The van der Waals surface area contributed by atoms with Gasteiger partial charge in [0, 0.05) is 46.8 Å². The molecule has 1 aromatic rings. The largest absolute Gasteiger partial charge is 0.465 e. The number of nitrogens with one attached hydrogen (secondary N) is 1. The molecule has 192 valence electrons. The van der Waals surface area contributed by atoms with E-state index in [0.29, 0.717) is 43.0 Å². The molecule has 1 saturated heterocycles. The summed E-state index contributed by atoms with van der Waals surface area (Å²) in [6, 6.07) is 0.747. The molecule has 2 amide bonds. The zero-order valence-corrected chi connectivity index (χ0v) is 23.4. The molecule has 0 aromatic carbocycles. The van der Waals surface area contributed by atoms with Crippen LogP contribution in [0.3, 0.4) is 0 Å². The van der Waals surface area contributed by atoms with Gasteiger partial charge in [-0.1, -0.05) is 39.4 Å². The Morgan fingerprint density at radius 3 is 2.59 bits per heavy atom. The van der Waals surface area contributed by atoms with Crippen molar-refractivity contribution in [2.45, 2.75) is 83.9 Å². The third kappa shape index (κ3) is 9.50. The number of carboxylic acid groups (broad SMARTS) is 1. The Morgan fingerprint density at radius 2 is 1.97 bits per heavy atom. The summed E-state index contributed by atoms with van der Waals surface area (Å²) in [7, 11) is -1.19. The standard InChI is InChI=1S/C23H39BrN4O5Si/c1-5-18(29)9-7-6-8-10-19(25-22(30)17-13-27(14-17)23(31)32)21-26-20(24)15-28(21)16-33-11-12-34(2,3)4/h15,17,19H,5-14,16H2,1-4H3,(H,25,30)(H,31,32)/t19-/m0/s1. The fourth-order valence-electron chi connectivity index (χ4n) is 3.70. The number of hydrogen-bond donors (Lipinski definition) is 2. The minimum Gasteiger partial charge on any atom is -0.465 e. The molecule has 0 unspecified atom stereocenters. The second-order valence-electron chi connectivity index (χ2n) is 10.2. The minimum absolute atomic E-state index is 0.158. The zero-order valence-electron chi connectivity index (χ0n) is 20.8. The first-order chi connectivity index (χ1) is 16.0. The maximum atomic E-state index is 12.8. The van der Waals surface area contributed by atoms with Crippen LogP contribution in [0.4, 0.5) is 4.79 Å². The van der Waals surface area contributed by atoms with E-state index in [2.05, 4.69) is 45.9 Å². The van der Waals surface area contributed by atoms with Gasteiger partial charge in [0.05, 0.1) is 12.0 Å². The van der Waals surface area contributed by atoms with E-state index >= 15 is 0 Å². The highest BCUT2D eigenvalue weighted by Crippen LogP contribution is 2.25. The molecule has 0 aliphatic carbocycles. The molecular formula is C23H39BrN4O5Si. The first-order valence-corrected chi connectivity index (χ1v) is 16.6. The predicted octanol–water partition coefficient (Wildman–Crippen LogP) is 4.65. The Bertz CT molecular complexity index is 836. The van der Waals surface area contributed by atoms with Crippen molar-refractivity contribution in [3.63, 3.8) is 0 Å². The molecule has 1 aliphatic rings. The molecule has 1 aromatic heterocycles. The molecule has 1 atom stereocenters. The van der Waals surface area contributed by atoms with Gasteiger partial charge >= 0.3 is 6.09 Å². The van der Waals surface area contributed by atoms with Crippen molar-refractivity contribution in [2.75, 3.05) is 19.7 Å². The molecule has 2 heterocycles. The lowest BCUT2D eigenvalue weighted by Gasteiger charge is -2.36. The Labute approximate surface area is 211 Å². The first kappa shape index (κ1) is 28.5. The molecule has 0 radical (unpaired) electrons. The molecule has 1 aliphatic heterocycles. The van der Waals surface area contributed by atoms with Crippen LogP contribution in [0.2, 0.25) is 25.7 Å². The van der Waals surface area contributed by atoms with Crippen molar-refractivity contribution < 1.29 is 24.2 Å². The van der Waals surface area contributed by atoms with Gasteiger partial charge in [-0.25, -0.2) is 9.78 Å². The highest BCUT2D eigenvalue weighted by atomic mass is 79.9. The molecule has 11 heteroatoms. The summed E-state index contributed by atoms with van der Waals surface area (Å²) in [6.45, 7) is 10.3. The number of hydrogen-bond acceptors (Lipinski definition) is 5. The second kappa shape index (κ2) is 13.4. The van der Waals surface area contributed by atoms with E-state index in [9.17, 15) is 14.4 Å². The first-order valence-electron chi connectivity index (χ1n) is 12.1. The summed E-state index contributed by atoms with van der Waals surface area (Å²) in [6.07, 6.45) is 5.26. The molecule has 2 N–H and O–H groups in total. The second-order valence-corrected chi connectivity index (χ2v) is 16.6. The fourth-order valence-corrected chi connectivity index (χ4v) is 4.89. The topological polar surface area (TPSA) is 114 Å². The lowest BCUT2D eigenvalue weighted by atomic mass is 9.98. The van der Waals surface area contributed by atoms with Gasteiger partial charge in [0.1, 0.15) is 22.9 Å². The Kier molecular flexibility index (Phi) is 11.2. The number of nitrogens with zero attached hydrogens (tertiary/aromatic N) is 3. The van der Waals surface area contributed by atoms with Gasteiger partial charge in [0.2, 0.25) is 5.91 Å². The number of imidazole rings is 1. The van der Waals surface area contributed by atoms with Crippen molar-refractivity contribution in [3.8, 4) is 0 Å². The summed E-state index contributed by atoms with van der Waals surface area (Å²) in [5.74, 6) is 0.481. The maximum Gasteiger partial charge on any atom is 0.407 e. The van der Waals surface area contributed by atoms with Gasteiger partial charge in [-0.15, -0.1) is 0 Å². The number of carbonyl (C=O) groups excluding carboxylic acids is 2. The number of likely N-dealkylation sites (tertiary alicyclic amines) is 1. The molecule has 1 fully saturated rings. The SMILES string of the molecule is CCC(=O)CCCCC[C@H](NC(=O)C1CN(C(=O)O)C1)c1nc(Br)cn1COCC[Si](C)(C)C. The quantitative estimate of drug-likeness (QED) is 0.239. The van der Waals surface area contributed by atoms with Gasteiger partial charge in [0.15, 0.2) is 0 Å². The van der Waals surface area contributed by atoms with Crippen molar-refractivity contribution in [1.29, 1.82) is 0 Å². The summed E-state index contributed by atoms with van der Waals surface area (Å²) >= 11 is 3.45. The summed E-state index contributed by atoms with van der Waals surface area (Å²) < 4.78 is 8.51. The third-order valence-electron chi connectivity index (χ3n) is 6.00. The summed E-state index contributed by atoms with van der Waals surface area (Å²) in [5, 5.41) is 12.1. The van der Waals surface area contributed by atoms with E-state index in [1.54, 1.807) is 0 Å². The number of ketones is 1. The average molecular weight is 560 g/mol. The molecule has 0 bridgehead atoms. The number of rotatable bonds is 15. The number of halogens is 1. The van der Waals surface area contributed by atoms with E-state index in [1.165, 1.54) is 4.90 Å². The molecule has 0 saturated carbocycles. The molecule has 2 rings (SSSR count). The van der Waals surface area contributed by atoms with Crippen LogP contribution >= 0.6 is 15.9 Å². The van der Waals surface area contributed by atoms with E-state index in [4.69, 9.17) is 9.84 Å². The van der Waals surface area contributed by atoms with E-state index < -0.39 is 14.2 Å². The molecule has 9 nitrogen and oxygen atoms in total. The highest BCUT2D eigenvalue weighted by Gasteiger charge is 2.37. The number of unbranched alkanes of at least 4 members (excludes halogenated alkanes) is 2.